The molecule has 2 rings (SSSR count). The summed E-state index contributed by atoms with van der Waals surface area (Å²) in [6.45, 7) is 3.33. The van der Waals surface area contributed by atoms with Gasteiger partial charge in [0.1, 0.15) is 0 Å². The van der Waals surface area contributed by atoms with Crippen LogP contribution in [0.2, 0.25) is 0 Å². The Hall–Kier alpha value is -1.88. The van der Waals surface area contributed by atoms with E-state index < -0.39 is 6.03 Å². The van der Waals surface area contributed by atoms with E-state index in [2.05, 4.69) is 27.7 Å². The molecule has 1 aliphatic carbocycles. The second-order valence-corrected chi connectivity index (χ2v) is 5.03. The summed E-state index contributed by atoms with van der Waals surface area (Å²) in [6.07, 6.45) is 2.25. The fourth-order valence-corrected chi connectivity index (χ4v) is 2.13. The lowest BCUT2D eigenvalue weighted by Crippen LogP contribution is -2.44. The summed E-state index contributed by atoms with van der Waals surface area (Å²) in [4.78, 5) is 25.3. The van der Waals surface area contributed by atoms with E-state index in [1.807, 2.05) is 25.1 Å². The standard InChI is InChI=1S/C15H21N3O2/c1-2-16-15(20)17-14(19)11-18(13-8-9-13)10-12-6-4-3-5-7-12/h3-7,13H,2,8-11H2,1H3,(H2,16,17,19,20). The minimum Gasteiger partial charge on any atom is -0.338 e. The highest BCUT2D eigenvalue weighted by Crippen LogP contribution is 2.27. The lowest BCUT2D eigenvalue weighted by Gasteiger charge is -2.21. The lowest BCUT2D eigenvalue weighted by atomic mass is 10.2. The lowest BCUT2D eigenvalue weighted by molar-refractivity contribution is -0.121. The molecule has 0 aromatic heterocycles. The van der Waals surface area contributed by atoms with E-state index in [0.717, 1.165) is 19.4 Å². The monoisotopic (exact) mass is 275 g/mol. The topological polar surface area (TPSA) is 61.4 Å². The third kappa shape index (κ3) is 4.66. The van der Waals surface area contributed by atoms with Gasteiger partial charge in [-0.15, -0.1) is 0 Å². The van der Waals surface area contributed by atoms with Crippen LogP contribution in [0.4, 0.5) is 4.79 Å². The first-order valence-corrected chi connectivity index (χ1v) is 7.04. The molecule has 0 aliphatic heterocycles. The number of carbonyl (C=O) groups excluding carboxylic acids is 2. The van der Waals surface area contributed by atoms with E-state index >= 15 is 0 Å². The summed E-state index contributed by atoms with van der Waals surface area (Å²) in [5, 5.41) is 4.90. The van der Waals surface area contributed by atoms with E-state index in [1.165, 1.54) is 5.56 Å². The van der Waals surface area contributed by atoms with Crippen LogP contribution in [0.15, 0.2) is 30.3 Å². The molecular weight excluding hydrogens is 254 g/mol. The Morgan fingerprint density at radius 3 is 2.55 bits per heavy atom. The van der Waals surface area contributed by atoms with Crippen molar-refractivity contribution in [2.75, 3.05) is 13.1 Å². The molecule has 0 atom stereocenters. The predicted octanol–water partition coefficient (Wildman–Crippen LogP) is 1.50. The van der Waals surface area contributed by atoms with Crippen molar-refractivity contribution in [1.82, 2.24) is 15.5 Å². The average Bonchev–Trinajstić information content (AvgIpc) is 3.23. The van der Waals surface area contributed by atoms with Gasteiger partial charge in [-0.2, -0.15) is 0 Å². The van der Waals surface area contributed by atoms with E-state index in [1.54, 1.807) is 0 Å². The first-order chi connectivity index (χ1) is 9.69. The van der Waals surface area contributed by atoms with Crippen LogP contribution in [0.3, 0.4) is 0 Å². The Balaban J connectivity index is 1.86. The van der Waals surface area contributed by atoms with Gasteiger partial charge < -0.3 is 5.32 Å². The molecule has 3 amide bonds. The zero-order chi connectivity index (χ0) is 14.4. The van der Waals surface area contributed by atoms with Crippen LogP contribution >= 0.6 is 0 Å². The predicted molar refractivity (Wildman–Crippen MR) is 77.1 cm³/mol. The summed E-state index contributed by atoms with van der Waals surface area (Å²) < 4.78 is 0. The molecule has 1 aromatic rings. The second-order valence-electron chi connectivity index (χ2n) is 5.03. The van der Waals surface area contributed by atoms with Crippen LogP contribution in [0.25, 0.3) is 0 Å². The van der Waals surface area contributed by atoms with Gasteiger partial charge in [0.05, 0.1) is 6.54 Å². The number of rotatable bonds is 6. The van der Waals surface area contributed by atoms with Gasteiger partial charge in [-0.05, 0) is 25.3 Å². The summed E-state index contributed by atoms with van der Waals surface area (Å²) in [7, 11) is 0. The largest absolute Gasteiger partial charge is 0.338 e. The number of carbonyl (C=O) groups is 2. The highest BCUT2D eigenvalue weighted by Gasteiger charge is 2.30. The first-order valence-electron chi connectivity index (χ1n) is 7.04. The molecule has 108 valence electrons. The van der Waals surface area contributed by atoms with Gasteiger partial charge in [0.25, 0.3) is 0 Å². The van der Waals surface area contributed by atoms with Crippen LogP contribution in [-0.2, 0) is 11.3 Å². The molecule has 0 spiro atoms. The zero-order valence-corrected chi connectivity index (χ0v) is 11.8. The molecule has 1 aromatic carbocycles. The van der Waals surface area contributed by atoms with Crippen LogP contribution in [0.5, 0.6) is 0 Å². The van der Waals surface area contributed by atoms with Gasteiger partial charge in [-0.3, -0.25) is 15.0 Å². The van der Waals surface area contributed by atoms with E-state index in [-0.39, 0.29) is 12.5 Å². The number of hydrogen-bond acceptors (Lipinski definition) is 3. The van der Waals surface area contributed by atoms with E-state index in [9.17, 15) is 9.59 Å². The molecule has 2 N–H and O–H groups in total. The summed E-state index contributed by atoms with van der Waals surface area (Å²) in [5.41, 5.74) is 1.19. The number of hydrogen-bond donors (Lipinski definition) is 2. The van der Waals surface area contributed by atoms with Crippen molar-refractivity contribution in [3.63, 3.8) is 0 Å². The number of urea groups is 1. The normalized spacial score (nSPS) is 14.1. The summed E-state index contributed by atoms with van der Waals surface area (Å²) >= 11 is 0. The van der Waals surface area contributed by atoms with E-state index in [0.29, 0.717) is 12.6 Å². The number of imide groups is 1. The quantitative estimate of drug-likeness (QED) is 0.827. The van der Waals surface area contributed by atoms with Crippen LogP contribution < -0.4 is 10.6 Å². The summed E-state index contributed by atoms with van der Waals surface area (Å²) in [5.74, 6) is -0.251. The van der Waals surface area contributed by atoms with Crippen molar-refractivity contribution in [2.24, 2.45) is 0 Å². The molecule has 0 unspecified atom stereocenters. The maximum atomic E-state index is 11.8. The molecule has 1 aliphatic rings. The SMILES string of the molecule is CCNC(=O)NC(=O)CN(Cc1ccccc1)C1CC1. The Morgan fingerprint density at radius 1 is 1.25 bits per heavy atom. The van der Waals surface area contributed by atoms with Crippen molar-refractivity contribution < 1.29 is 9.59 Å². The minimum absolute atomic E-state index is 0.251. The third-order valence-corrected chi connectivity index (χ3v) is 3.23. The van der Waals surface area contributed by atoms with Crippen LogP contribution in [0, 0.1) is 0 Å². The smallest absolute Gasteiger partial charge is 0.321 e. The van der Waals surface area contributed by atoms with Gasteiger partial charge in [-0.25, -0.2) is 4.79 Å². The van der Waals surface area contributed by atoms with E-state index in [4.69, 9.17) is 0 Å². The molecule has 5 nitrogen and oxygen atoms in total. The maximum Gasteiger partial charge on any atom is 0.321 e. The number of nitrogens with one attached hydrogen (secondary N) is 2. The second kappa shape index (κ2) is 7.05. The molecule has 5 heteroatoms. The highest BCUT2D eigenvalue weighted by atomic mass is 16.2. The number of nitrogens with zero attached hydrogens (tertiary/aromatic N) is 1. The molecular formula is C15H21N3O2. The van der Waals surface area contributed by atoms with Gasteiger partial charge in [0.15, 0.2) is 0 Å². The fourth-order valence-electron chi connectivity index (χ4n) is 2.13. The zero-order valence-electron chi connectivity index (χ0n) is 11.8. The molecule has 1 saturated carbocycles. The van der Waals surface area contributed by atoms with Crippen molar-refractivity contribution >= 4 is 11.9 Å². The molecule has 0 radical (unpaired) electrons. The highest BCUT2D eigenvalue weighted by molar-refractivity contribution is 5.95. The van der Waals surface area contributed by atoms with Crippen molar-refractivity contribution in [2.45, 2.75) is 32.4 Å². The van der Waals surface area contributed by atoms with Crippen molar-refractivity contribution in [1.29, 1.82) is 0 Å². The van der Waals surface area contributed by atoms with Crippen LogP contribution in [0.1, 0.15) is 25.3 Å². The Morgan fingerprint density at radius 2 is 1.95 bits per heavy atom. The maximum absolute atomic E-state index is 11.8. The van der Waals surface area contributed by atoms with Gasteiger partial charge in [-0.1, -0.05) is 30.3 Å². The van der Waals surface area contributed by atoms with Gasteiger partial charge in [0.2, 0.25) is 5.91 Å². The fraction of sp³-hybridized carbons (Fsp3) is 0.467. The molecule has 20 heavy (non-hydrogen) atoms. The summed E-state index contributed by atoms with van der Waals surface area (Å²) in [6, 6.07) is 10.1. The van der Waals surface area contributed by atoms with Crippen molar-refractivity contribution in [3.05, 3.63) is 35.9 Å². The third-order valence-electron chi connectivity index (χ3n) is 3.23. The number of benzene rings is 1. The Kier molecular flexibility index (Phi) is 5.12. The van der Waals surface area contributed by atoms with Crippen molar-refractivity contribution in [3.8, 4) is 0 Å². The molecule has 0 saturated heterocycles. The Bertz CT molecular complexity index is 457. The number of amides is 3. The van der Waals surface area contributed by atoms with Gasteiger partial charge >= 0.3 is 6.03 Å². The minimum atomic E-state index is -0.423. The molecule has 1 fully saturated rings. The Labute approximate surface area is 119 Å². The molecule has 0 heterocycles. The first kappa shape index (κ1) is 14.5. The average molecular weight is 275 g/mol. The molecule has 0 bridgehead atoms. The van der Waals surface area contributed by atoms with Crippen LogP contribution in [-0.4, -0.2) is 36.0 Å². The van der Waals surface area contributed by atoms with Gasteiger partial charge in [0, 0.05) is 19.1 Å².